The van der Waals surface area contributed by atoms with Crippen molar-refractivity contribution in [3.63, 3.8) is 0 Å². The molecule has 0 amide bonds. The van der Waals surface area contributed by atoms with E-state index in [9.17, 15) is 4.79 Å². The molecule has 0 aromatic rings. The first-order chi connectivity index (χ1) is 10.7. The van der Waals surface area contributed by atoms with Crippen LogP contribution in [0.2, 0.25) is 0 Å². The lowest BCUT2D eigenvalue weighted by atomic mass is 10.1. The van der Waals surface area contributed by atoms with Gasteiger partial charge in [-0.15, -0.1) is 0 Å². The van der Waals surface area contributed by atoms with Gasteiger partial charge >= 0.3 is 5.97 Å². The molecule has 0 aliphatic carbocycles. The smallest absolute Gasteiger partial charge is 0.303 e. The van der Waals surface area contributed by atoms with E-state index in [0.717, 1.165) is 51.7 Å². The van der Waals surface area contributed by atoms with Gasteiger partial charge in [0.05, 0.1) is 13.2 Å². The van der Waals surface area contributed by atoms with Crippen molar-refractivity contribution in [2.45, 2.75) is 97.8 Å². The zero-order valence-corrected chi connectivity index (χ0v) is 15.1. The fraction of sp³-hybridized carbons (Fsp3) is 0.944. The lowest BCUT2D eigenvalue weighted by Crippen LogP contribution is -1.97. The van der Waals surface area contributed by atoms with Gasteiger partial charge in [-0.05, 0) is 19.3 Å². The molecule has 0 rings (SSSR count). The normalized spacial score (nSPS) is 10.1. The SMILES string of the molecule is CCCCCCCCCC(=O)O.CCCCOOCCCC. The van der Waals surface area contributed by atoms with Gasteiger partial charge in [0, 0.05) is 6.42 Å². The minimum Gasteiger partial charge on any atom is -0.481 e. The fourth-order valence-corrected chi connectivity index (χ4v) is 1.76. The Balaban J connectivity index is 0. The molecule has 0 aromatic carbocycles. The summed E-state index contributed by atoms with van der Waals surface area (Å²) < 4.78 is 0. The Morgan fingerprint density at radius 2 is 1.09 bits per heavy atom. The summed E-state index contributed by atoms with van der Waals surface area (Å²) in [6.45, 7) is 7.94. The van der Waals surface area contributed by atoms with Crippen LogP contribution in [0.3, 0.4) is 0 Å². The molecule has 0 atom stereocenters. The number of carboxylic acids is 1. The van der Waals surface area contributed by atoms with E-state index in [2.05, 4.69) is 20.8 Å². The number of carboxylic acid groups (broad SMARTS) is 1. The van der Waals surface area contributed by atoms with Crippen molar-refractivity contribution < 1.29 is 19.7 Å². The van der Waals surface area contributed by atoms with Crippen LogP contribution in [0.25, 0.3) is 0 Å². The predicted molar refractivity (Wildman–Crippen MR) is 92.0 cm³/mol. The summed E-state index contributed by atoms with van der Waals surface area (Å²) in [6.07, 6.45) is 13.1. The lowest BCUT2D eigenvalue weighted by Gasteiger charge is -2.00. The van der Waals surface area contributed by atoms with E-state index in [1.165, 1.54) is 32.1 Å². The van der Waals surface area contributed by atoms with E-state index in [1.54, 1.807) is 0 Å². The molecule has 0 aromatic heterocycles. The Bertz CT molecular complexity index is 199. The Morgan fingerprint density at radius 3 is 1.50 bits per heavy atom. The summed E-state index contributed by atoms with van der Waals surface area (Å²) in [5, 5.41) is 8.35. The summed E-state index contributed by atoms with van der Waals surface area (Å²) in [6, 6.07) is 0. The summed E-state index contributed by atoms with van der Waals surface area (Å²) in [7, 11) is 0. The third-order valence-electron chi connectivity index (χ3n) is 3.24. The summed E-state index contributed by atoms with van der Waals surface area (Å²) >= 11 is 0. The van der Waals surface area contributed by atoms with Crippen molar-refractivity contribution in [2.24, 2.45) is 0 Å². The zero-order valence-electron chi connectivity index (χ0n) is 15.1. The van der Waals surface area contributed by atoms with Gasteiger partial charge in [0.15, 0.2) is 0 Å². The maximum absolute atomic E-state index is 10.1. The van der Waals surface area contributed by atoms with Crippen molar-refractivity contribution in [3.05, 3.63) is 0 Å². The fourth-order valence-electron chi connectivity index (χ4n) is 1.76. The van der Waals surface area contributed by atoms with Gasteiger partial charge < -0.3 is 5.11 Å². The van der Waals surface area contributed by atoms with Gasteiger partial charge in [0.2, 0.25) is 0 Å². The van der Waals surface area contributed by atoms with Crippen molar-refractivity contribution in [1.29, 1.82) is 0 Å². The zero-order chi connectivity index (χ0) is 16.9. The Kier molecular flexibility index (Phi) is 24.4. The standard InChI is InChI=1S/C10H20O2.C8H18O2/c1-2-3-4-5-6-7-8-9-10(11)12;1-3-5-7-9-10-8-6-4-2/h2-9H2,1H3,(H,11,12);3-8H2,1-2H3. The molecule has 0 fully saturated rings. The predicted octanol–water partition coefficient (Wildman–Crippen LogP) is 5.75. The molecule has 0 spiro atoms. The maximum Gasteiger partial charge on any atom is 0.303 e. The van der Waals surface area contributed by atoms with Crippen LogP contribution >= 0.6 is 0 Å². The number of aliphatic carboxylic acids is 1. The molecule has 22 heavy (non-hydrogen) atoms. The van der Waals surface area contributed by atoms with Crippen LogP contribution in [0.4, 0.5) is 0 Å². The molecule has 0 radical (unpaired) electrons. The highest BCUT2D eigenvalue weighted by Crippen LogP contribution is 2.07. The van der Waals surface area contributed by atoms with E-state index in [4.69, 9.17) is 14.9 Å². The quantitative estimate of drug-likeness (QED) is 0.237. The van der Waals surface area contributed by atoms with E-state index in [0.29, 0.717) is 6.42 Å². The Morgan fingerprint density at radius 1 is 0.682 bits per heavy atom. The van der Waals surface area contributed by atoms with Gasteiger partial charge in [-0.25, -0.2) is 9.78 Å². The van der Waals surface area contributed by atoms with E-state index in [1.807, 2.05) is 0 Å². The third-order valence-corrected chi connectivity index (χ3v) is 3.24. The molecule has 0 heterocycles. The molecule has 134 valence electrons. The monoisotopic (exact) mass is 318 g/mol. The van der Waals surface area contributed by atoms with Crippen LogP contribution in [0.5, 0.6) is 0 Å². The largest absolute Gasteiger partial charge is 0.481 e. The molecule has 0 saturated heterocycles. The van der Waals surface area contributed by atoms with E-state index in [-0.39, 0.29) is 0 Å². The number of hydrogen-bond donors (Lipinski definition) is 1. The van der Waals surface area contributed by atoms with Crippen molar-refractivity contribution in [1.82, 2.24) is 0 Å². The molecule has 0 saturated carbocycles. The highest BCUT2D eigenvalue weighted by molar-refractivity contribution is 5.66. The first-order valence-corrected chi connectivity index (χ1v) is 9.15. The Labute approximate surface area is 137 Å². The van der Waals surface area contributed by atoms with E-state index < -0.39 is 5.97 Å². The number of unbranched alkanes of at least 4 members (excludes halogenated alkanes) is 8. The highest BCUT2D eigenvalue weighted by Gasteiger charge is 1.95. The van der Waals surface area contributed by atoms with Crippen molar-refractivity contribution in [3.8, 4) is 0 Å². The molecule has 4 heteroatoms. The molecular formula is C18H38O4. The molecular weight excluding hydrogens is 280 g/mol. The van der Waals surface area contributed by atoms with Crippen molar-refractivity contribution in [2.75, 3.05) is 13.2 Å². The second kappa shape index (κ2) is 22.7. The summed E-state index contributed by atoms with van der Waals surface area (Å²) in [4.78, 5) is 19.9. The second-order valence-corrected chi connectivity index (χ2v) is 5.62. The third kappa shape index (κ3) is 27.7. The van der Waals surface area contributed by atoms with Crippen LogP contribution in [0, 0.1) is 0 Å². The number of rotatable bonds is 15. The highest BCUT2D eigenvalue weighted by atomic mass is 17.2. The minimum absolute atomic E-state index is 0.341. The van der Waals surface area contributed by atoms with E-state index >= 15 is 0 Å². The number of carbonyl (C=O) groups is 1. The van der Waals surface area contributed by atoms with Gasteiger partial charge in [0.25, 0.3) is 0 Å². The first kappa shape index (κ1) is 23.7. The lowest BCUT2D eigenvalue weighted by molar-refractivity contribution is -0.295. The van der Waals surface area contributed by atoms with Crippen LogP contribution in [0.1, 0.15) is 97.8 Å². The minimum atomic E-state index is -0.663. The molecule has 0 bridgehead atoms. The summed E-state index contributed by atoms with van der Waals surface area (Å²) in [5.41, 5.74) is 0. The average Bonchev–Trinajstić information content (AvgIpc) is 2.50. The second-order valence-electron chi connectivity index (χ2n) is 5.62. The molecule has 0 aliphatic heterocycles. The summed E-state index contributed by atoms with van der Waals surface area (Å²) in [5.74, 6) is -0.663. The van der Waals surface area contributed by atoms with Crippen LogP contribution in [-0.2, 0) is 14.6 Å². The average molecular weight is 318 g/mol. The van der Waals surface area contributed by atoms with Gasteiger partial charge in [-0.2, -0.15) is 0 Å². The Hall–Kier alpha value is -0.610. The van der Waals surface area contributed by atoms with Gasteiger partial charge in [-0.3, -0.25) is 4.79 Å². The van der Waals surface area contributed by atoms with Gasteiger partial charge in [0.1, 0.15) is 0 Å². The molecule has 4 nitrogen and oxygen atoms in total. The van der Waals surface area contributed by atoms with Crippen LogP contribution < -0.4 is 0 Å². The maximum atomic E-state index is 10.1. The van der Waals surface area contributed by atoms with Crippen LogP contribution in [0.15, 0.2) is 0 Å². The molecule has 1 N–H and O–H groups in total. The van der Waals surface area contributed by atoms with Gasteiger partial charge in [-0.1, -0.05) is 72.1 Å². The molecule has 0 aliphatic rings. The first-order valence-electron chi connectivity index (χ1n) is 9.15. The van der Waals surface area contributed by atoms with Crippen LogP contribution in [-0.4, -0.2) is 24.3 Å². The van der Waals surface area contributed by atoms with Crippen molar-refractivity contribution >= 4 is 5.97 Å². The number of hydrogen-bond acceptors (Lipinski definition) is 3. The topological polar surface area (TPSA) is 55.8 Å². The molecule has 0 unspecified atom stereocenters.